The van der Waals surface area contributed by atoms with Crippen LogP contribution in [0.1, 0.15) is 48.8 Å². The lowest BCUT2D eigenvalue weighted by molar-refractivity contribution is 0.0696. The van der Waals surface area contributed by atoms with Crippen molar-refractivity contribution in [3.8, 4) is 0 Å². The number of furan rings is 1. The number of nitrogens with one attached hydrogen (secondary N) is 2. The van der Waals surface area contributed by atoms with Gasteiger partial charge in [-0.2, -0.15) is 0 Å². The third-order valence-electron chi connectivity index (χ3n) is 3.58. The normalized spacial score (nSPS) is 10.3. The lowest BCUT2D eigenvalue weighted by Crippen LogP contribution is -2.30. The molecule has 0 saturated carbocycles. The lowest BCUT2D eigenvalue weighted by Gasteiger charge is -2.08. The van der Waals surface area contributed by atoms with E-state index in [1.54, 1.807) is 26.0 Å². The number of hydrogen-bond acceptors (Lipinski definition) is 4. The van der Waals surface area contributed by atoms with Crippen LogP contribution in [0.15, 0.2) is 34.9 Å². The van der Waals surface area contributed by atoms with Crippen molar-refractivity contribution in [2.24, 2.45) is 0 Å². The summed E-state index contributed by atoms with van der Waals surface area (Å²) in [6.45, 7) is 4.25. The summed E-state index contributed by atoms with van der Waals surface area (Å²) in [4.78, 5) is 35.0. The van der Waals surface area contributed by atoms with Crippen LogP contribution in [0.4, 0.5) is 0 Å². The molecule has 1 heterocycles. The largest absolute Gasteiger partial charge is 0.478 e. The van der Waals surface area contributed by atoms with E-state index in [-0.39, 0.29) is 23.1 Å². The van der Waals surface area contributed by atoms with E-state index in [4.69, 9.17) is 9.52 Å². The van der Waals surface area contributed by atoms with Crippen LogP contribution in [-0.2, 0) is 0 Å². The number of aryl methyl sites for hydroxylation is 2. The van der Waals surface area contributed by atoms with Gasteiger partial charge in [0, 0.05) is 24.2 Å². The van der Waals surface area contributed by atoms with E-state index >= 15 is 0 Å². The fraction of sp³-hybridized carbons (Fsp3) is 0.278. The minimum atomic E-state index is -1.08. The van der Waals surface area contributed by atoms with Crippen molar-refractivity contribution in [1.82, 2.24) is 10.6 Å². The Morgan fingerprint density at radius 1 is 1.00 bits per heavy atom. The van der Waals surface area contributed by atoms with Crippen LogP contribution in [0.3, 0.4) is 0 Å². The molecule has 0 aliphatic heterocycles. The van der Waals surface area contributed by atoms with Gasteiger partial charge in [0.25, 0.3) is 11.8 Å². The van der Waals surface area contributed by atoms with E-state index in [0.29, 0.717) is 30.6 Å². The number of benzene rings is 1. The predicted molar refractivity (Wildman–Crippen MR) is 90.9 cm³/mol. The third-order valence-corrected chi connectivity index (χ3v) is 3.58. The predicted octanol–water partition coefficient (Wildman–Crippen LogP) is 2.14. The molecular weight excluding hydrogens is 324 g/mol. The number of carboxylic acid groups (broad SMARTS) is 1. The van der Waals surface area contributed by atoms with E-state index in [0.717, 1.165) is 5.56 Å². The molecule has 0 unspecified atom stereocenters. The maximum Gasteiger partial charge on any atom is 0.335 e. The van der Waals surface area contributed by atoms with Crippen LogP contribution in [0.2, 0.25) is 0 Å². The van der Waals surface area contributed by atoms with Crippen molar-refractivity contribution < 1.29 is 23.9 Å². The van der Waals surface area contributed by atoms with Gasteiger partial charge in [0.05, 0.1) is 11.8 Å². The first-order valence-electron chi connectivity index (χ1n) is 7.84. The molecule has 0 radical (unpaired) electrons. The van der Waals surface area contributed by atoms with Crippen molar-refractivity contribution in [3.05, 3.63) is 58.5 Å². The summed E-state index contributed by atoms with van der Waals surface area (Å²) in [5.41, 5.74) is 1.84. The van der Waals surface area contributed by atoms with Gasteiger partial charge in [-0.3, -0.25) is 9.59 Å². The van der Waals surface area contributed by atoms with Gasteiger partial charge in [0.15, 0.2) is 5.76 Å². The number of hydrogen-bond donors (Lipinski definition) is 3. The summed E-state index contributed by atoms with van der Waals surface area (Å²) in [6, 6.07) is 6.18. The smallest absolute Gasteiger partial charge is 0.335 e. The first-order chi connectivity index (χ1) is 11.9. The topological polar surface area (TPSA) is 109 Å². The van der Waals surface area contributed by atoms with Gasteiger partial charge in [-0.05, 0) is 50.1 Å². The van der Waals surface area contributed by atoms with Gasteiger partial charge in [0.1, 0.15) is 0 Å². The van der Waals surface area contributed by atoms with Crippen molar-refractivity contribution in [2.75, 3.05) is 13.1 Å². The number of carbonyl (C=O) groups is 3. The number of amides is 2. The molecule has 2 rings (SSSR count). The van der Waals surface area contributed by atoms with Crippen LogP contribution in [0, 0.1) is 13.8 Å². The molecule has 3 N–H and O–H groups in total. The Bertz CT molecular complexity index is 795. The zero-order valence-electron chi connectivity index (χ0n) is 14.1. The van der Waals surface area contributed by atoms with Gasteiger partial charge in [0.2, 0.25) is 0 Å². The molecular formula is C18H20N2O5. The number of carboxylic acids is 1. The minimum Gasteiger partial charge on any atom is -0.478 e. The van der Waals surface area contributed by atoms with Crippen LogP contribution < -0.4 is 10.6 Å². The summed E-state index contributed by atoms with van der Waals surface area (Å²) in [5.74, 6) is -1.43. The van der Waals surface area contributed by atoms with E-state index in [2.05, 4.69) is 10.6 Å². The number of rotatable bonds is 7. The Balaban J connectivity index is 1.78. The summed E-state index contributed by atoms with van der Waals surface area (Å²) >= 11 is 0. The standard InChI is InChI=1S/C18H20N2O5/c1-11-8-13(10-14(9-11)18(23)24)16(21)19-5-3-6-20-17(22)15-12(2)4-7-25-15/h4,7-10H,3,5-6H2,1-2H3,(H,19,21)(H,20,22)(H,23,24). The Morgan fingerprint density at radius 2 is 1.64 bits per heavy atom. The van der Waals surface area contributed by atoms with Crippen molar-refractivity contribution in [1.29, 1.82) is 0 Å². The summed E-state index contributed by atoms with van der Waals surface area (Å²) in [7, 11) is 0. The molecule has 0 saturated heterocycles. The maximum atomic E-state index is 12.1. The fourth-order valence-electron chi connectivity index (χ4n) is 2.32. The Kier molecular flexibility index (Phi) is 5.94. The number of carbonyl (C=O) groups excluding carboxylic acids is 2. The molecule has 2 aromatic rings. The Labute approximate surface area is 145 Å². The number of aromatic carboxylic acids is 1. The molecule has 7 heteroatoms. The zero-order valence-corrected chi connectivity index (χ0v) is 14.1. The molecule has 1 aromatic carbocycles. The highest BCUT2D eigenvalue weighted by Crippen LogP contribution is 2.10. The second-order valence-corrected chi connectivity index (χ2v) is 5.69. The van der Waals surface area contributed by atoms with E-state index in [9.17, 15) is 14.4 Å². The Morgan fingerprint density at radius 3 is 2.24 bits per heavy atom. The molecule has 1 aromatic heterocycles. The molecule has 25 heavy (non-hydrogen) atoms. The van der Waals surface area contributed by atoms with Crippen LogP contribution in [0.5, 0.6) is 0 Å². The minimum absolute atomic E-state index is 0.0752. The first kappa shape index (κ1) is 18.3. The fourth-order valence-corrected chi connectivity index (χ4v) is 2.32. The van der Waals surface area contributed by atoms with Crippen molar-refractivity contribution in [2.45, 2.75) is 20.3 Å². The summed E-state index contributed by atoms with van der Waals surface area (Å²) < 4.78 is 5.09. The molecule has 132 valence electrons. The second kappa shape index (κ2) is 8.14. The summed E-state index contributed by atoms with van der Waals surface area (Å²) in [6.07, 6.45) is 1.99. The van der Waals surface area contributed by atoms with E-state index in [1.807, 2.05) is 0 Å². The molecule has 0 bridgehead atoms. The highest BCUT2D eigenvalue weighted by Gasteiger charge is 2.12. The molecule has 0 spiro atoms. The molecule has 7 nitrogen and oxygen atoms in total. The average molecular weight is 344 g/mol. The highest BCUT2D eigenvalue weighted by atomic mass is 16.4. The van der Waals surface area contributed by atoms with Crippen molar-refractivity contribution >= 4 is 17.8 Å². The maximum absolute atomic E-state index is 12.1. The van der Waals surface area contributed by atoms with Crippen LogP contribution in [-0.4, -0.2) is 36.0 Å². The monoisotopic (exact) mass is 344 g/mol. The highest BCUT2D eigenvalue weighted by molar-refractivity contribution is 5.97. The zero-order chi connectivity index (χ0) is 18.4. The van der Waals surface area contributed by atoms with Gasteiger partial charge in [-0.25, -0.2) is 4.79 Å². The summed E-state index contributed by atoms with van der Waals surface area (Å²) in [5, 5.41) is 14.4. The first-order valence-corrected chi connectivity index (χ1v) is 7.84. The molecule has 0 atom stereocenters. The third kappa shape index (κ3) is 4.94. The SMILES string of the molecule is Cc1cc(C(=O)O)cc(C(=O)NCCCNC(=O)c2occc2C)c1. The van der Waals surface area contributed by atoms with E-state index in [1.165, 1.54) is 18.4 Å². The van der Waals surface area contributed by atoms with Crippen LogP contribution in [0.25, 0.3) is 0 Å². The second-order valence-electron chi connectivity index (χ2n) is 5.69. The van der Waals surface area contributed by atoms with Gasteiger partial charge >= 0.3 is 5.97 Å². The van der Waals surface area contributed by atoms with Crippen LogP contribution >= 0.6 is 0 Å². The van der Waals surface area contributed by atoms with Gasteiger partial charge in [-0.1, -0.05) is 0 Å². The Hall–Kier alpha value is -3.09. The van der Waals surface area contributed by atoms with E-state index < -0.39 is 5.97 Å². The van der Waals surface area contributed by atoms with Gasteiger partial charge in [-0.15, -0.1) is 0 Å². The molecule has 2 amide bonds. The lowest BCUT2D eigenvalue weighted by atomic mass is 10.1. The molecule has 0 aliphatic carbocycles. The average Bonchev–Trinajstić information content (AvgIpc) is 2.99. The van der Waals surface area contributed by atoms with Gasteiger partial charge < -0.3 is 20.2 Å². The molecule has 0 aliphatic rings. The van der Waals surface area contributed by atoms with Crippen molar-refractivity contribution in [3.63, 3.8) is 0 Å². The quantitative estimate of drug-likeness (QED) is 0.667. The molecule has 0 fully saturated rings.